The Bertz CT molecular complexity index is 600. The quantitative estimate of drug-likeness (QED) is 0.557. The molecule has 1 unspecified atom stereocenters. The molecule has 1 aliphatic heterocycles. The number of anilines is 2. The third-order valence-corrected chi connectivity index (χ3v) is 5.16. The van der Waals surface area contributed by atoms with Crippen LogP contribution in [0.5, 0.6) is 0 Å². The van der Waals surface area contributed by atoms with Crippen molar-refractivity contribution in [3.8, 4) is 0 Å². The second-order valence-corrected chi connectivity index (χ2v) is 7.68. The average molecular weight is 299 g/mol. The van der Waals surface area contributed by atoms with Gasteiger partial charge in [0.2, 0.25) is 0 Å². The van der Waals surface area contributed by atoms with E-state index in [-0.39, 0.29) is 23.5 Å². The van der Waals surface area contributed by atoms with Crippen LogP contribution in [0.2, 0.25) is 0 Å². The molecule has 0 aliphatic carbocycles. The Morgan fingerprint density at radius 1 is 1.30 bits per heavy atom. The van der Waals surface area contributed by atoms with Crippen LogP contribution in [-0.2, 0) is 9.84 Å². The molecule has 0 spiro atoms. The molecular weight excluding hydrogens is 278 g/mol. The Kier molecular flexibility index (Phi) is 4.14. The van der Waals surface area contributed by atoms with Crippen molar-refractivity contribution in [1.29, 1.82) is 0 Å². The van der Waals surface area contributed by atoms with E-state index in [4.69, 9.17) is 5.84 Å². The van der Waals surface area contributed by atoms with Crippen molar-refractivity contribution in [2.75, 3.05) is 22.2 Å². The standard InChI is InChI=1S/C12H21N5O2S/c1-7(2)10-15-11(8(3)12(16-10)17-13)14-9-4-5-20(18,19)6-9/h7,9H,4-6,13H2,1-3H3,(H2,14,15,16,17). The zero-order valence-corrected chi connectivity index (χ0v) is 12.8. The topological polar surface area (TPSA) is 110 Å². The Morgan fingerprint density at radius 2 is 1.95 bits per heavy atom. The van der Waals surface area contributed by atoms with E-state index in [9.17, 15) is 8.42 Å². The molecule has 0 aromatic carbocycles. The Hall–Kier alpha value is -1.41. The van der Waals surface area contributed by atoms with E-state index >= 15 is 0 Å². The Balaban J connectivity index is 2.29. The summed E-state index contributed by atoms with van der Waals surface area (Å²) < 4.78 is 23.0. The molecule has 2 rings (SSSR count). The van der Waals surface area contributed by atoms with Gasteiger partial charge in [-0.25, -0.2) is 24.2 Å². The molecule has 0 bridgehead atoms. The summed E-state index contributed by atoms with van der Waals surface area (Å²) in [5, 5.41) is 3.21. The summed E-state index contributed by atoms with van der Waals surface area (Å²) in [5.74, 6) is 7.91. The first-order valence-electron chi connectivity index (χ1n) is 6.64. The number of nitrogens with one attached hydrogen (secondary N) is 2. The molecule has 112 valence electrons. The minimum atomic E-state index is -2.92. The first kappa shape index (κ1) is 15.0. The summed E-state index contributed by atoms with van der Waals surface area (Å²) >= 11 is 0. The molecule has 1 aromatic rings. The van der Waals surface area contributed by atoms with Crippen LogP contribution in [-0.4, -0.2) is 35.9 Å². The first-order chi connectivity index (χ1) is 9.32. The van der Waals surface area contributed by atoms with Crippen molar-refractivity contribution in [3.05, 3.63) is 11.4 Å². The minimum Gasteiger partial charge on any atom is -0.366 e. The minimum absolute atomic E-state index is 0.0979. The number of rotatable bonds is 4. The van der Waals surface area contributed by atoms with Crippen LogP contribution in [0, 0.1) is 6.92 Å². The molecule has 7 nitrogen and oxygen atoms in total. The largest absolute Gasteiger partial charge is 0.366 e. The first-order valence-corrected chi connectivity index (χ1v) is 8.46. The lowest BCUT2D eigenvalue weighted by Gasteiger charge is -2.17. The smallest absolute Gasteiger partial charge is 0.152 e. The van der Waals surface area contributed by atoms with Crippen molar-refractivity contribution >= 4 is 21.5 Å². The lowest BCUT2D eigenvalue weighted by Crippen LogP contribution is -2.23. The monoisotopic (exact) mass is 299 g/mol. The van der Waals surface area contributed by atoms with Crippen molar-refractivity contribution in [2.24, 2.45) is 5.84 Å². The molecule has 1 atom stereocenters. The van der Waals surface area contributed by atoms with Crippen molar-refractivity contribution in [3.63, 3.8) is 0 Å². The number of nitrogens with two attached hydrogens (primary N) is 1. The van der Waals surface area contributed by atoms with Crippen LogP contribution < -0.4 is 16.6 Å². The van der Waals surface area contributed by atoms with Crippen molar-refractivity contribution < 1.29 is 8.42 Å². The molecule has 1 saturated heterocycles. The van der Waals surface area contributed by atoms with E-state index < -0.39 is 9.84 Å². The number of nitrogens with zero attached hydrogens (tertiary/aromatic N) is 2. The predicted octanol–water partition coefficient (Wildman–Crippen LogP) is 0.793. The van der Waals surface area contributed by atoms with Gasteiger partial charge in [0, 0.05) is 17.5 Å². The fourth-order valence-corrected chi connectivity index (χ4v) is 3.85. The van der Waals surface area contributed by atoms with Crippen LogP contribution >= 0.6 is 0 Å². The van der Waals surface area contributed by atoms with E-state index in [1.54, 1.807) is 0 Å². The van der Waals surface area contributed by atoms with Crippen LogP contribution in [0.4, 0.5) is 11.6 Å². The molecule has 2 heterocycles. The third-order valence-electron chi connectivity index (χ3n) is 3.39. The summed E-state index contributed by atoms with van der Waals surface area (Å²) in [6, 6.07) is -0.0979. The number of aromatic nitrogens is 2. The maximum atomic E-state index is 11.5. The van der Waals surface area contributed by atoms with Crippen molar-refractivity contribution in [2.45, 2.75) is 39.2 Å². The van der Waals surface area contributed by atoms with Crippen LogP contribution in [0.3, 0.4) is 0 Å². The number of hydrazine groups is 1. The molecule has 20 heavy (non-hydrogen) atoms. The zero-order chi connectivity index (χ0) is 14.9. The molecule has 0 radical (unpaired) electrons. The van der Waals surface area contributed by atoms with Crippen LogP contribution in [0.15, 0.2) is 0 Å². The Labute approximate surface area is 119 Å². The van der Waals surface area contributed by atoms with Gasteiger partial charge in [-0.1, -0.05) is 13.8 Å². The molecule has 0 saturated carbocycles. The summed E-state index contributed by atoms with van der Waals surface area (Å²) in [6.07, 6.45) is 0.605. The summed E-state index contributed by atoms with van der Waals surface area (Å²) in [7, 11) is -2.92. The van der Waals surface area contributed by atoms with Gasteiger partial charge in [0.1, 0.15) is 17.5 Å². The maximum Gasteiger partial charge on any atom is 0.152 e. The van der Waals surface area contributed by atoms with Gasteiger partial charge in [-0.2, -0.15) is 0 Å². The van der Waals surface area contributed by atoms with Gasteiger partial charge in [0.15, 0.2) is 9.84 Å². The number of hydrogen-bond donors (Lipinski definition) is 3. The van der Waals surface area contributed by atoms with E-state index in [0.717, 1.165) is 5.56 Å². The fraction of sp³-hybridized carbons (Fsp3) is 0.667. The van der Waals surface area contributed by atoms with Gasteiger partial charge in [-0.05, 0) is 13.3 Å². The van der Waals surface area contributed by atoms with Gasteiger partial charge >= 0.3 is 0 Å². The molecule has 4 N–H and O–H groups in total. The maximum absolute atomic E-state index is 11.5. The van der Waals surface area contributed by atoms with Gasteiger partial charge in [0.05, 0.1) is 11.5 Å². The predicted molar refractivity (Wildman–Crippen MR) is 79.3 cm³/mol. The van der Waals surface area contributed by atoms with Gasteiger partial charge in [0.25, 0.3) is 0 Å². The molecule has 1 aromatic heterocycles. The lowest BCUT2D eigenvalue weighted by molar-refractivity contribution is 0.602. The highest BCUT2D eigenvalue weighted by molar-refractivity contribution is 7.91. The van der Waals surface area contributed by atoms with Gasteiger partial charge < -0.3 is 10.7 Å². The Morgan fingerprint density at radius 3 is 2.45 bits per heavy atom. The molecule has 8 heteroatoms. The summed E-state index contributed by atoms with van der Waals surface area (Å²) in [6.45, 7) is 5.84. The second kappa shape index (κ2) is 5.53. The highest BCUT2D eigenvalue weighted by atomic mass is 32.2. The molecule has 1 fully saturated rings. The normalized spacial score (nSPS) is 21.1. The van der Waals surface area contributed by atoms with E-state index in [0.29, 0.717) is 23.9 Å². The highest BCUT2D eigenvalue weighted by Crippen LogP contribution is 2.25. The van der Waals surface area contributed by atoms with Crippen LogP contribution in [0.25, 0.3) is 0 Å². The van der Waals surface area contributed by atoms with E-state index in [1.165, 1.54) is 0 Å². The molecule has 1 aliphatic rings. The number of hydrogen-bond acceptors (Lipinski definition) is 7. The average Bonchev–Trinajstić information content (AvgIpc) is 2.71. The lowest BCUT2D eigenvalue weighted by atomic mass is 10.2. The fourth-order valence-electron chi connectivity index (χ4n) is 2.18. The second-order valence-electron chi connectivity index (χ2n) is 5.45. The molecule has 0 amide bonds. The van der Waals surface area contributed by atoms with Crippen molar-refractivity contribution in [1.82, 2.24) is 9.97 Å². The van der Waals surface area contributed by atoms with Gasteiger partial charge in [-0.3, -0.25) is 0 Å². The SMILES string of the molecule is Cc1c(NN)nc(C(C)C)nc1NC1CCS(=O)(=O)C1. The van der Waals surface area contributed by atoms with E-state index in [2.05, 4.69) is 20.7 Å². The molecular formula is C12H21N5O2S. The summed E-state index contributed by atoms with van der Waals surface area (Å²) in [4.78, 5) is 8.83. The summed E-state index contributed by atoms with van der Waals surface area (Å²) in [5.41, 5.74) is 3.36. The van der Waals surface area contributed by atoms with Gasteiger partial charge in [-0.15, -0.1) is 0 Å². The third kappa shape index (κ3) is 3.18. The number of sulfone groups is 1. The highest BCUT2D eigenvalue weighted by Gasteiger charge is 2.28. The van der Waals surface area contributed by atoms with E-state index in [1.807, 2.05) is 20.8 Å². The zero-order valence-electron chi connectivity index (χ0n) is 12.0. The van der Waals surface area contributed by atoms with Crippen LogP contribution in [0.1, 0.15) is 37.6 Å². The number of nitrogen functional groups attached to an aromatic ring is 1.